The van der Waals surface area contributed by atoms with Gasteiger partial charge in [-0.25, -0.2) is 13.2 Å². The number of sulfonamides is 1. The number of aliphatic carboxylic acids is 1. The molecule has 0 saturated carbocycles. The summed E-state index contributed by atoms with van der Waals surface area (Å²) in [7, 11) is -3.89. The molecule has 1 aromatic rings. The van der Waals surface area contributed by atoms with Gasteiger partial charge in [-0.05, 0) is 31.2 Å². The van der Waals surface area contributed by atoms with Crippen molar-refractivity contribution in [2.45, 2.75) is 11.8 Å². The van der Waals surface area contributed by atoms with E-state index < -0.39 is 28.5 Å². The van der Waals surface area contributed by atoms with Crippen LogP contribution in [0.2, 0.25) is 0 Å². The van der Waals surface area contributed by atoms with Crippen molar-refractivity contribution in [3.05, 3.63) is 29.8 Å². The van der Waals surface area contributed by atoms with Gasteiger partial charge in [0, 0.05) is 0 Å². The minimum atomic E-state index is -3.89. The van der Waals surface area contributed by atoms with Gasteiger partial charge in [-0.2, -0.15) is 4.72 Å². The van der Waals surface area contributed by atoms with Gasteiger partial charge >= 0.3 is 11.9 Å². The van der Waals surface area contributed by atoms with Crippen LogP contribution in [0.15, 0.2) is 29.2 Å². The molecule has 0 atom stereocenters. The van der Waals surface area contributed by atoms with Gasteiger partial charge in [-0.1, -0.05) is 0 Å². The zero-order valence-electron chi connectivity index (χ0n) is 10.1. The van der Waals surface area contributed by atoms with Gasteiger partial charge < -0.3 is 9.84 Å². The molecule has 0 heterocycles. The quantitative estimate of drug-likeness (QED) is 0.725. The Bertz CT molecular complexity index is 563. The molecule has 0 radical (unpaired) electrons. The minimum absolute atomic E-state index is 0.123. The lowest BCUT2D eigenvalue weighted by Gasteiger charge is -2.06. The molecule has 0 aromatic heterocycles. The third-order valence-electron chi connectivity index (χ3n) is 2.09. The number of carbonyl (C=O) groups is 2. The van der Waals surface area contributed by atoms with Gasteiger partial charge in [0.2, 0.25) is 10.0 Å². The molecule has 0 aliphatic heterocycles. The summed E-state index contributed by atoms with van der Waals surface area (Å²) in [6.45, 7) is 1.17. The number of nitrogens with one attached hydrogen (secondary N) is 1. The summed E-state index contributed by atoms with van der Waals surface area (Å²) in [5.41, 5.74) is 0.221. The van der Waals surface area contributed by atoms with Crippen molar-refractivity contribution in [1.29, 1.82) is 0 Å². The van der Waals surface area contributed by atoms with Crippen LogP contribution in [-0.4, -0.2) is 38.6 Å². The zero-order valence-corrected chi connectivity index (χ0v) is 10.9. The van der Waals surface area contributed by atoms with Crippen LogP contribution in [-0.2, 0) is 19.6 Å². The molecule has 2 N–H and O–H groups in total. The monoisotopic (exact) mass is 287 g/mol. The number of rotatable bonds is 6. The number of esters is 1. The van der Waals surface area contributed by atoms with E-state index in [0.29, 0.717) is 0 Å². The van der Waals surface area contributed by atoms with Crippen molar-refractivity contribution >= 4 is 22.0 Å². The molecular formula is C11H13NO6S. The zero-order chi connectivity index (χ0) is 14.5. The van der Waals surface area contributed by atoms with Crippen LogP contribution in [0.4, 0.5) is 0 Å². The maximum atomic E-state index is 11.7. The van der Waals surface area contributed by atoms with Crippen LogP contribution >= 0.6 is 0 Å². The van der Waals surface area contributed by atoms with Gasteiger partial charge in [0.1, 0.15) is 6.54 Å². The average molecular weight is 287 g/mol. The Hall–Kier alpha value is -1.93. The topological polar surface area (TPSA) is 110 Å². The highest BCUT2D eigenvalue weighted by molar-refractivity contribution is 7.89. The van der Waals surface area contributed by atoms with Crippen LogP contribution in [0.3, 0.4) is 0 Å². The number of hydrogen-bond donors (Lipinski definition) is 2. The molecule has 0 bridgehead atoms. The van der Waals surface area contributed by atoms with Crippen LogP contribution in [0, 0.1) is 0 Å². The Kier molecular flexibility index (Phi) is 5.02. The van der Waals surface area contributed by atoms with E-state index in [2.05, 4.69) is 0 Å². The fraction of sp³-hybridized carbons (Fsp3) is 0.273. The summed E-state index contributed by atoms with van der Waals surface area (Å²) in [6.07, 6.45) is 0. The molecule has 0 unspecified atom stereocenters. The Labute approximate surface area is 110 Å². The van der Waals surface area contributed by atoms with Crippen LogP contribution in [0.25, 0.3) is 0 Å². The Morgan fingerprint density at radius 2 is 1.84 bits per heavy atom. The molecule has 0 aliphatic rings. The summed E-state index contributed by atoms with van der Waals surface area (Å²) < 4.78 is 30.0. The lowest BCUT2D eigenvalue weighted by atomic mass is 10.2. The van der Waals surface area contributed by atoms with Crippen molar-refractivity contribution < 1.29 is 27.9 Å². The third kappa shape index (κ3) is 4.34. The molecule has 0 amide bonds. The highest BCUT2D eigenvalue weighted by Gasteiger charge is 2.16. The first-order valence-corrected chi connectivity index (χ1v) is 6.83. The first kappa shape index (κ1) is 15.1. The van der Waals surface area contributed by atoms with Crippen molar-refractivity contribution in [2.24, 2.45) is 0 Å². The number of carboxylic acid groups (broad SMARTS) is 1. The highest BCUT2D eigenvalue weighted by Crippen LogP contribution is 2.11. The average Bonchev–Trinajstić information content (AvgIpc) is 2.37. The van der Waals surface area contributed by atoms with E-state index in [1.54, 1.807) is 6.92 Å². The molecule has 1 rings (SSSR count). The highest BCUT2D eigenvalue weighted by atomic mass is 32.2. The molecule has 0 spiro atoms. The van der Waals surface area contributed by atoms with Gasteiger partial charge in [-0.15, -0.1) is 0 Å². The fourth-order valence-electron chi connectivity index (χ4n) is 1.22. The summed E-state index contributed by atoms with van der Waals surface area (Å²) >= 11 is 0. The van der Waals surface area contributed by atoms with E-state index in [1.165, 1.54) is 24.3 Å². The van der Waals surface area contributed by atoms with Gasteiger partial charge in [-0.3, -0.25) is 4.79 Å². The molecule has 0 saturated heterocycles. The SMILES string of the molecule is CCOC(=O)c1ccc(S(=O)(=O)NCC(=O)O)cc1. The van der Waals surface area contributed by atoms with E-state index >= 15 is 0 Å². The van der Waals surface area contributed by atoms with E-state index in [9.17, 15) is 18.0 Å². The predicted octanol–water partition coefficient (Wildman–Crippen LogP) is 0.226. The maximum absolute atomic E-state index is 11.7. The number of ether oxygens (including phenoxy) is 1. The predicted molar refractivity (Wildman–Crippen MR) is 65.2 cm³/mol. The van der Waals surface area contributed by atoms with E-state index in [4.69, 9.17) is 9.84 Å². The van der Waals surface area contributed by atoms with Gasteiger partial charge in [0.25, 0.3) is 0 Å². The summed E-state index contributed by atoms with van der Waals surface area (Å²) in [4.78, 5) is 21.5. The van der Waals surface area contributed by atoms with Crippen LogP contribution < -0.4 is 4.72 Å². The second kappa shape index (κ2) is 6.30. The molecular weight excluding hydrogens is 274 g/mol. The van der Waals surface area contributed by atoms with Crippen LogP contribution in [0.5, 0.6) is 0 Å². The van der Waals surface area contributed by atoms with Crippen LogP contribution in [0.1, 0.15) is 17.3 Å². The second-order valence-electron chi connectivity index (χ2n) is 3.46. The molecule has 19 heavy (non-hydrogen) atoms. The summed E-state index contributed by atoms with van der Waals surface area (Å²) in [5, 5.41) is 8.41. The lowest BCUT2D eigenvalue weighted by Crippen LogP contribution is -2.29. The first-order chi connectivity index (χ1) is 8.86. The number of carbonyl (C=O) groups excluding carboxylic acids is 1. The van der Waals surface area contributed by atoms with Crippen molar-refractivity contribution in [2.75, 3.05) is 13.2 Å². The van der Waals surface area contributed by atoms with Gasteiger partial charge in [0.15, 0.2) is 0 Å². The maximum Gasteiger partial charge on any atom is 0.338 e. The molecule has 8 heteroatoms. The summed E-state index contributed by atoms with van der Waals surface area (Å²) in [5.74, 6) is -1.84. The number of hydrogen-bond acceptors (Lipinski definition) is 5. The molecule has 7 nitrogen and oxygen atoms in total. The molecule has 0 aliphatic carbocycles. The lowest BCUT2D eigenvalue weighted by molar-refractivity contribution is -0.135. The smallest absolute Gasteiger partial charge is 0.338 e. The normalized spacial score (nSPS) is 11.0. The Morgan fingerprint density at radius 1 is 1.26 bits per heavy atom. The van der Waals surface area contributed by atoms with Crippen molar-refractivity contribution in [3.8, 4) is 0 Å². The Balaban J connectivity index is 2.86. The third-order valence-corrected chi connectivity index (χ3v) is 3.51. The van der Waals surface area contributed by atoms with E-state index in [0.717, 1.165) is 0 Å². The first-order valence-electron chi connectivity index (χ1n) is 5.35. The molecule has 104 valence electrons. The van der Waals surface area contributed by atoms with Crippen molar-refractivity contribution in [1.82, 2.24) is 4.72 Å². The number of carboxylic acids is 1. The second-order valence-corrected chi connectivity index (χ2v) is 5.23. The largest absolute Gasteiger partial charge is 0.480 e. The molecule has 0 fully saturated rings. The molecule has 1 aromatic carbocycles. The van der Waals surface area contributed by atoms with E-state index in [-0.39, 0.29) is 17.1 Å². The summed E-state index contributed by atoms with van der Waals surface area (Å²) in [6, 6.07) is 5.01. The Morgan fingerprint density at radius 3 is 2.32 bits per heavy atom. The minimum Gasteiger partial charge on any atom is -0.480 e. The van der Waals surface area contributed by atoms with E-state index in [1.807, 2.05) is 4.72 Å². The fourth-order valence-corrected chi connectivity index (χ4v) is 2.20. The standard InChI is InChI=1S/C11H13NO6S/c1-2-18-11(15)8-3-5-9(6-4-8)19(16,17)12-7-10(13)14/h3-6,12H,2,7H2,1H3,(H,13,14). The number of benzene rings is 1. The van der Waals surface area contributed by atoms with Crippen molar-refractivity contribution in [3.63, 3.8) is 0 Å². The van der Waals surface area contributed by atoms with Gasteiger partial charge in [0.05, 0.1) is 17.1 Å².